The standard InChI is InChI=1S/C21H28FN3/c1-5-9-17-13-19(24-23-17)16-10-8-11-18(12-16)25(7-3)15(4)21(6-2)14-20(21)22/h8,10-13,20H,4-7,9,14H2,1-3H3,(H,23,24). The molecule has 1 heterocycles. The fraction of sp³-hybridized carbons (Fsp3) is 0.476. The van der Waals surface area contributed by atoms with Crippen molar-refractivity contribution in [1.29, 1.82) is 0 Å². The molecule has 1 N–H and O–H groups in total. The second kappa shape index (κ2) is 7.03. The first-order valence-electron chi connectivity index (χ1n) is 9.31. The number of aromatic nitrogens is 2. The Kier molecular flexibility index (Phi) is 4.98. The average Bonchev–Trinajstić information content (AvgIpc) is 3.07. The highest BCUT2D eigenvalue weighted by Gasteiger charge is 2.57. The van der Waals surface area contributed by atoms with Gasteiger partial charge in [0.15, 0.2) is 0 Å². The van der Waals surface area contributed by atoms with Gasteiger partial charge in [0.2, 0.25) is 0 Å². The molecule has 134 valence electrons. The molecule has 3 rings (SSSR count). The van der Waals surface area contributed by atoms with E-state index in [2.05, 4.69) is 59.8 Å². The summed E-state index contributed by atoms with van der Waals surface area (Å²) in [5.41, 5.74) is 4.76. The van der Waals surface area contributed by atoms with Gasteiger partial charge in [-0.2, -0.15) is 5.10 Å². The predicted molar refractivity (Wildman–Crippen MR) is 102 cm³/mol. The van der Waals surface area contributed by atoms with Crippen molar-refractivity contribution in [3.05, 3.63) is 48.3 Å². The van der Waals surface area contributed by atoms with Gasteiger partial charge < -0.3 is 4.90 Å². The van der Waals surface area contributed by atoms with Crippen LogP contribution >= 0.6 is 0 Å². The van der Waals surface area contributed by atoms with Crippen LogP contribution in [0.3, 0.4) is 0 Å². The molecule has 3 nitrogen and oxygen atoms in total. The van der Waals surface area contributed by atoms with Crippen LogP contribution < -0.4 is 4.90 Å². The first kappa shape index (κ1) is 17.7. The molecule has 1 aromatic heterocycles. The largest absolute Gasteiger partial charge is 0.345 e. The minimum absolute atomic E-state index is 0.368. The van der Waals surface area contributed by atoms with Crippen molar-refractivity contribution >= 4 is 5.69 Å². The third kappa shape index (κ3) is 3.22. The first-order chi connectivity index (χ1) is 12.1. The van der Waals surface area contributed by atoms with E-state index in [1.807, 2.05) is 13.0 Å². The summed E-state index contributed by atoms with van der Waals surface area (Å²) in [7, 11) is 0. The number of aromatic amines is 1. The van der Waals surface area contributed by atoms with Gasteiger partial charge in [-0.25, -0.2) is 4.39 Å². The minimum Gasteiger partial charge on any atom is -0.345 e. The Bertz CT molecular complexity index is 747. The van der Waals surface area contributed by atoms with E-state index in [4.69, 9.17) is 0 Å². The highest BCUT2D eigenvalue weighted by atomic mass is 19.1. The number of benzene rings is 1. The molecule has 0 aliphatic heterocycles. The molecule has 1 fully saturated rings. The quantitative estimate of drug-likeness (QED) is 0.687. The van der Waals surface area contributed by atoms with Crippen molar-refractivity contribution in [3.63, 3.8) is 0 Å². The topological polar surface area (TPSA) is 31.9 Å². The number of H-pyrrole nitrogens is 1. The lowest BCUT2D eigenvalue weighted by Gasteiger charge is -2.31. The van der Waals surface area contributed by atoms with Crippen molar-refractivity contribution in [2.45, 2.75) is 52.6 Å². The molecule has 1 aromatic carbocycles. The number of nitrogens with zero attached hydrogens (tertiary/aromatic N) is 2. The molecule has 0 saturated heterocycles. The molecular formula is C21H28FN3. The normalized spacial score (nSPS) is 22.0. The van der Waals surface area contributed by atoms with Crippen LogP contribution in [0, 0.1) is 5.41 Å². The van der Waals surface area contributed by atoms with E-state index < -0.39 is 6.17 Å². The monoisotopic (exact) mass is 341 g/mol. The molecule has 4 heteroatoms. The van der Waals surface area contributed by atoms with Crippen molar-refractivity contribution in [3.8, 4) is 11.3 Å². The van der Waals surface area contributed by atoms with Crippen LogP contribution in [0.15, 0.2) is 42.6 Å². The Balaban J connectivity index is 1.87. The summed E-state index contributed by atoms with van der Waals surface area (Å²) in [6.07, 6.45) is 2.72. The zero-order valence-electron chi connectivity index (χ0n) is 15.5. The summed E-state index contributed by atoms with van der Waals surface area (Å²) in [4.78, 5) is 2.15. The van der Waals surface area contributed by atoms with Crippen LogP contribution in [0.1, 0.15) is 45.7 Å². The second-order valence-electron chi connectivity index (χ2n) is 6.95. The van der Waals surface area contributed by atoms with Gasteiger partial charge in [0.05, 0.1) is 5.69 Å². The Morgan fingerprint density at radius 2 is 2.12 bits per heavy atom. The summed E-state index contributed by atoms with van der Waals surface area (Å²) < 4.78 is 14.0. The van der Waals surface area contributed by atoms with Crippen molar-refractivity contribution < 1.29 is 4.39 Å². The third-order valence-electron chi connectivity index (χ3n) is 5.43. The molecule has 1 aliphatic carbocycles. The molecule has 2 atom stereocenters. The second-order valence-corrected chi connectivity index (χ2v) is 6.95. The Labute approximate surface area is 149 Å². The lowest BCUT2D eigenvalue weighted by molar-refractivity contribution is 0.380. The molecule has 1 aliphatic rings. The summed E-state index contributed by atoms with van der Waals surface area (Å²) in [5, 5.41) is 7.55. The highest BCUT2D eigenvalue weighted by Crippen LogP contribution is 2.57. The fourth-order valence-corrected chi connectivity index (χ4v) is 3.67. The minimum atomic E-state index is -0.759. The van der Waals surface area contributed by atoms with E-state index in [0.717, 1.165) is 54.1 Å². The molecule has 1 saturated carbocycles. The van der Waals surface area contributed by atoms with Crippen LogP contribution in [-0.4, -0.2) is 22.9 Å². The van der Waals surface area contributed by atoms with E-state index in [-0.39, 0.29) is 5.41 Å². The molecule has 0 radical (unpaired) electrons. The average molecular weight is 341 g/mol. The lowest BCUT2D eigenvalue weighted by Crippen LogP contribution is -2.28. The maximum absolute atomic E-state index is 14.0. The van der Waals surface area contributed by atoms with Crippen molar-refractivity contribution in [2.75, 3.05) is 11.4 Å². The van der Waals surface area contributed by atoms with Crippen LogP contribution in [0.2, 0.25) is 0 Å². The molecule has 2 unspecified atom stereocenters. The summed E-state index contributed by atoms with van der Waals surface area (Å²) in [6.45, 7) is 11.3. The van der Waals surface area contributed by atoms with E-state index in [0.29, 0.717) is 6.42 Å². The van der Waals surface area contributed by atoms with E-state index in [1.165, 1.54) is 0 Å². The van der Waals surface area contributed by atoms with Crippen molar-refractivity contribution in [2.24, 2.45) is 5.41 Å². The van der Waals surface area contributed by atoms with Gasteiger partial charge in [0.25, 0.3) is 0 Å². The molecule has 0 amide bonds. The van der Waals surface area contributed by atoms with Crippen LogP contribution in [0.5, 0.6) is 0 Å². The number of anilines is 1. The number of nitrogens with one attached hydrogen (secondary N) is 1. The maximum atomic E-state index is 14.0. The molecule has 2 aromatic rings. The van der Waals surface area contributed by atoms with Gasteiger partial charge in [0.1, 0.15) is 6.17 Å². The smallest absolute Gasteiger partial charge is 0.112 e. The number of allylic oxidation sites excluding steroid dienone is 1. The third-order valence-corrected chi connectivity index (χ3v) is 5.43. The molecule has 0 bridgehead atoms. The predicted octanol–water partition coefficient (Wildman–Crippen LogP) is 5.51. The number of halogens is 1. The van der Waals surface area contributed by atoms with Crippen molar-refractivity contribution in [1.82, 2.24) is 10.2 Å². The summed E-state index contributed by atoms with van der Waals surface area (Å²) in [6, 6.07) is 10.4. The number of hydrogen-bond donors (Lipinski definition) is 1. The Morgan fingerprint density at radius 3 is 2.72 bits per heavy atom. The summed E-state index contributed by atoms with van der Waals surface area (Å²) >= 11 is 0. The first-order valence-corrected chi connectivity index (χ1v) is 9.31. The number of rotatable bonds is 8. The van der Waals surface area contributed by atoms with Gasteiger partial charge in [-0.15, -0.1) is 0 Å². The van der Waals surface area contributed by atoms with Gasteiger partial charge in [-0.05, 0) is 44.4 Å². The van der Waals surface area contributed by atoms with Gasteiger partial charge in [-0.1, -0.05) is 39.0 Å². The van der Waals surface area contributed by atoms with Crippen LogP contribution in [0.4, 0.5) is 10.1 Å². The highest BCUT2D eigenvalue weighted by molar-refractivity contribution is 5.67. The Morgan fingerprint density at radius 1 is 1.36 bits per heavy atom. The zero-order valence-corrected chi connectivity index (χ0v) is 15.5. The Hall–Kier alpha value is -2.10. The molecule has 25 heavy (non-hydrogen) atoms. The molecule has 0 spiro atoms. The fourth-order valence-electron chi connectivity index (χ4n) is 3.67. The SMILES string of the molecule is C=C(N(CC)c1cccc(-c2cc(CCC)[nH]n2)c1)C1(CC)CC1F. The van der Waals surface area contributed by atoms with E-state index in [9.17, 15) is 4.39 Å². The number of alkyl halides is 1. The van der Waals surface area contributed by atoms with Gasteiger partial charge >= 0.3 is 0 Å². The number of aryl methyl sites for hydroxylation is 1. The summed E-state index contributed by atoms with van der Waals surface area (Å²) in [5.74, 6) is 0. The van der Waals surface area contributed by atoms with Crippen LogP contribution in [-0.2, 0) is 6.42 Å². The van der Waals surface area contributed by atoms with E-state index >= 15 is 0 Å². The van der Waals surface area contributed by atoms with Gasteiger partial charge in [0, 0.05) is 34.6 Å². The maximum Gasteiger partial charge on any atom is 0.112 e. The number of hydrogen-bond acceptors (Lipinski definition) is 2. The van der Waals surface area contributed by atoms with Gasteiger partial charge in [-0.3, -0.25) is 5.10 Å². The van der Waals surface area contributed by atoms with Crippen LogP contribution in [0.25, 0.3) is 11.3 Å². The lowest BCUT2D eigenvalue weighted by atomic mass is 9.97. The zero-order chi connectivity index (χ0) is 18.0. The van der Waals surface area contributed by atoms with E-state index in [1.54, 1.807) is 0 Å². The molecular weight excluding hydrogens is 313 g/mol.